The van der Waals surface area contributed by atoms with Gasteiger partial charge >= 0.3 is 0 Å². The molecule has 0 aromatic carbocycles. The van der Waals surface area contributed by atoms with Crippen molar-refractivity contribution < 1.29 is 4.79 Å². The zero-order valence-corrected chi connectivity index (χ0v) is 5.58. The van der Waals surface area contributed by atoms with Crippen LogP contribution in [0.4, 0.5) is 0 Å². The Hall–Kier alpha value is -0.0200. The molecule has 0 saturated carbocycles. The first-order valence-electron chi connectivity index (χ1n) is 2.13. The van der Waals surface area contributed by atoms with Crippen LogP contribution in [-0.4, -0.2) is 23.1 Å². The van der Waals surface area contributed by atoms with Crippen LogP contribution in [0, 0.1) is 0 Å². The lowest BCUT2D eigenvalue weighted by Gasteiger charge is -1.94. The van der Waals surface area contributed by atoms with Crippen LogP contribution in [0.2, 0.25) is 0 Å². The third-order valence-corrected chi connectivity index (χ3v) is 2.20. The van der Waals surface area contributed by atoms with Gasteiger partial charge in [-0.25, -0.2) is 4.40 Å². The van der Waals surface area contributed by atoms with Crippen LogP contribution < -0.4 is 0 Å². The standard InChI is InChI=1S/C4H4ClNOS/c5-1-4-3(7)2-6-8-4/h2,4H,1H2. The maximum atomic E-state index is 10.6. The summed E-state index contributed by atoms with van der Waals surface area (Å²) >= 11 is 6.62. The molecular weight excluding hydrogens is 146 g/mol. The van der Waals surface area contributed by atoms with Gasteiger partial charge < -0.3 is 0 Å². The summed E-state index contributed by atoms with van der Waals surface area (Å²) in [4.78, 5) is 10.6. The van der Waals surface area contributed by atoms with Crippen LogP contribution in [0.5, 0.6) is 0 Å². The zero-order chi connectivity index (χ0) is 5.98. The molecule has 0 aliphatic carbocycles. The number of alkyl halides is 1. The molecule has 1 heterocycles. The molecule has 0 saturated heterocycles. The molecule has 0 radical (unpaired) electrons. The fraction of sp³-hybridized carbons (Fsp3) is 0.500. The number of ketones is 1. The Bertz CT molecular complexity index is 136. The average Bonchev–Trinajstić information content (AvgIpc) is 2.14. The van der Waals surface area contributed by atoms with Gasteiger partial charge in [-0.15, -0.1) is 11.6 Å². The molecule has 0 aromatic heterocycles. The van der Waals surface area contributed by atoms with Gasteiger partial charge in [0, 0.05) is 5.88 Å². The summed E-state index contributed by atoms with van der Waals surface area (Å²) < 4.78 is 3.67. The van der Waals surface area contributed by atoms with Crippen molar-refractivity contribution in [2.45, 2.75) is 5.25 Å². The number of carbonyl (C=O) groups is 1. The molecule has 4 heteroatoms. The minimum absolute atomic E-state index is 0.0324. The van der Waals surface area contributed by atoms with Crippen molar-refractivity contribution in [1.29, 1.82) is 0 Å². The number of nitrogens with zero attached hydrogens (tertiary/aromatic N) is 1. The van der Waals surface area contributed by atoms with E-state index in [0.29, 0.717) is 5.88 Å². The average molecular weight is 150 g/mol. The largest absolute Gasteiger partial charge is 0.292 e. The molecule has 0 bridgehead atoms. The van der Waals surface area contributed by atoms with Gasteiger partial charge in [0.05, 0.1) is 6.21 Å². The Labute approximate surface area is 56.4 Å². The number of hydrogen-bond donors (Lipinski definition) is 0. The molecule has 1 atom stereocenters. The second-order valence-corrected chi connectivity index (χ2v) is 2.68. The normalized spacial score (nSPS) is 27.1. The van der Waals surface area contributed by atoms with Gasteiger partial charge in [0.1, 0.15) is 5.25 Å². The van der Waals surface area contributed by atoms with Crippen molar-refractivity contribution in [1.82, 2.24) is 0 Å². The second-order valence-electron chi connectivity index (χ2n) is 1.39. The Morgan fingerprint density at radius 1 is 2.00 bits per heavy atom. The first-order chi connectivity index (χ1) is 3.84. The Morgan fingerprint density at radius 3 is 3.00 bits per heavy atom. The maximum absolute atomic E-state index is 10.6. The van der Waals surface area contributed by atoms with Crippen LogP contribution in [0.25, 0.3) is 0 Å². The molecule has 0 spiro atoms. The van der Waals surface area contributed by atoms with E-state index in [4.69, 9.17) is 11.6 Å². The molecule has 1 unspecified atom stereocenters. The Kier molecular flexibility index (Phi) is 1.91. The Morgan fingerprint density at radius 2 is 2.75 bits per heavy atom. The molecule has 1 aliphatic rings. The van der Waals surface area contributed by atoms with Crippen molar-refractivity contribution >= 4 is 35.5 Å². The molecule has 8 heavy (non-hydrogen) atoms. The summed E-state index contributed by atoms with van der Waals surface area (Å²) in [5.41, 5.74) is 0. The molecule has 0 amide bonds. The molecule has 0 N–H and O–H groups in total. The van der Waals surface area contributed by atoms with Gasteiger partial charge in [-0.3, -0.25) is 4.79 Å². The number of carbonyl (C=O) groups excluding carboxylic acids is 1. The lowest BCUT2D eigenvalue weighted by molar-refractivity contribution is -0.111. The van der Waals surface area contributed by atoms with Gasteiger partial charge in [0.15, 0.2) is 5.78 Å². The van der Waals surface area contributed by atoms with Gasteiger partial charge in [-0.1, -0.05) is 0 Å². The summed E-state index contributed by atoms with van der Waals surface area (Å²) in [7, 11) is 0. The molecular formula is C4H4ClNOS. The van der Waals surface area contributed by atoms with E-state index in [0.717, 1.165) is 0 Å². The highest BCUT2D eigenvalue weighted by Gasteiger charge is 2.20. The highest BCUT2D eigenvalue weighted by Crippen LogP contribution is 2.18. The summed E-state index contributed by atoms with van der Waals surface area (Å²) in [5.74, 6) is 0.397. The SMILES string of the molecule is O=C1C=NSC1CCl. The van der Waals surface area contributed by atoms with Gasteiger partial charge in [-0.2, -0.15) is 0 Å². The Balaban J connectivity index is 2.51. The topological polar surface area (TPSA) is 29.4 Å². The van der Waals surface area contributed by atoms with E-state index in [1.807, 2.05) is 0 Å². The van der Waals surface area contributed by atoms with Crippen molar-refractivity contribution in [3.63, 3.8) is 0 Å². The number of hydrogen-bond acceptors (Lipinski definition) is 3. The van der Waals surface area contributed by atoms with E-state index in [1.165, 1.54) is 18.2 Å². The molecule has 44 valence electrons. The molecule has 0 fully saturated rings. The lowest BCUT2D eigenvalue weighted by Crippen LogP contribution is -2.13. The highest BCUT2D eigenvalue weighted by atomic mass is 35.5. The minimum Gasteiger partial charge on any atom is -0.292 e. The van der Waals surface area contributed by atoms with Gasteiger partial charge in [0.2, 0.25) is 0 Å². The van der Waals surface area contributed by atoms with Crippen LogP contribution in [-0.2, 0) is 4.79 Å². The number of rotatable bonds is 1. The molecule has 1 rings (SSSR count). The van der Waals surface area contributed by atoms with Crippen LogP contribution in [0.3, 0.4) is 0 Å². The third kappa shape index (κ3) is 1.03. The maximum Gasteiger partial charge on any atom is 0.190 e. The fourth-order valence-electron chi connectivity index (χ4n) is 0.395. The summed E-state index contributed by atoms with van der Waals surface area (Å²) in [6, 6.07) is 0. The van der Waals surface area contributed by atoms with E-state index in [2.05, 4.69) is 4.40 Å². The first-order valence-corrected chi connectivity index (χ1v) is 3.50. The fourth-order valence-corrected chi connectivity index (χ4v) is 1.25. The summed E-state index contributed by atoms with van der Waals surface area (Å²) in [6.07, 6.45) is 1.32. The zero-order valence-electron chi connectivity index (χ0n) is 4.00. The van der Waals surface area contributed by atoms with E-state index in [-0.39, 0.29) is 11.0 Å². The van der Waals surface area contributed by atoms with Crippen molar-refractivity contribution in [3.8, 4) is 0 Å². The van der Waals surface area contributed by atoms with Crippen LogP contribution in [0.1, 0.15) is 0 Å². The predicted molar refractivity (Wildman–Crippen MR) is 35.6 cm³/mol. The van der Waals surface area contributed by atoms with Crippen LogP contribution >= 0.6 is 23.5 Å². The molecule has 1 aliphatic heterocycles. The van der Waals surface area contributed by atoms with Crippen molar-refractivity contribution in [2.75, 3.05) is 5.88 Å². The summed E-state index contributed by atoms with van der Waals surface area (Å²) in [5, 5.41) is -0.114. The van der Waals surface area contributed by atoms with E-state index in [9.17, 15) is 4.79 Å². The highest BCUT2D eigenvalue weighted by molar-refractivity contribution is 8.00. The van der Waals surface area contributed by atoms with Gasteiger partial charge in [0.25, 0.3) is 0 Å². The smallest absolute Gasteiger partial charge is 0.190 e. The number of Topliss-reactive ketones (excluding diaryl/α,β-unsaturated/α-hetero) is 1. The lowest BCUT2D eigenvalue weighted by atomic mass is 10.3. The predicted octanol–water partition coefficient (Wildman–Crippen LogP) is 0.895. The second kappa shape index (κ2) is 2.51. The number of halogens is 1. The summed E-state index contributed by atoms with van der Waals surface area (Å²) in [6.45, 7) is 0. The minimum atomic E-state index is -0.114. The van der Waals surface area contributed by atoms with Crippen molar-refractivity contribution in [3.05, 3.63) is 0 Å². The third-order valence-electron chi connectivity index (χ3n) is 0.826. The van der Waals surface area contributed by atoms with E-state index >= 15 is 0 Å². The molecule has 2 nitrogen and oxygen atoms in total. The van der Waals surface area contributed by atoms with E-state index < -0.39 is 0 Å². The molecule has 0 aromatic rings. The monoisotopic (exact) mass is 149 g/mol. The first kappa shape index (κ1) is 6.11. The van der Waals surface area contributed by atoms with Crippen LogP contribution in [0.15, 0.2) is 4.40 Å². The van der Waals surface area contributed by atoms with Crippen molar-refractivity contribution in [2.24, 2.45) is 4.40 Å². The van der Waals surface area contributed by atoms with Gasteiger partial charge in [-0.05, 0) is 11.9 Å². The quantitative estimate of drug-likeness (QED) is 0.410. The van der Waals surface area contributed by atoms with E-state index in [1.54, 1.807) is 0 Å².